The molecule has 2 atom stereocenters. The number of allylic oxidation sites excluding steroid dienone is 6. The zero-order valence-electron chi connectivity index (χ0n) is 41.1. The maximum atomic E-state index is 12.4. The molecule has 2 unspecified atom stereocenters. The van der Waals surface area contributed by atoms with E-state index in [1.807, 2.05) is 6.08 Å². The Morgan fingerprint density at radius 1 is 0.452 bits per heavy atom. The Labute approximate surface area is 385 Å². The van der Waals surface area contributed by atoms with Crippen LogP contribution in [-0.4, -0.2) is 47.4 Å². The molecule has 0 fully saturated rings. The van der Waals surface area contributed by atoms with Crippen molar-refractivity contribution in [1.82, 2.24) is 5.32 Å². The van der Waals surface area contributed by atoms with Crippen LogP contribution in [0, 0.1) is 0 Å². The molecule has 1 amide bonds. The van der Waals surface area contributed by atoms with Gasteiger partial charge in [0.25, 0.3) is 0 Å². The summed E-state index contributed by atoms with van der Waals surface area (Å²) in [6.07, 6.45) is 64.3. The van der Waals surface area contributed by atoms with Crippen LogP contribution in [0.1, 0.15) is 271 Å². The van der Waals surface area contributed by atoms with Crippen LogP contribution in [0.4, 0.5) is 0 Å². The molecular formula is C56H103NO5. The number of amides is 1. The molecule has 0 spiro atoms. The topological polar surface area (TPSA) is 95.9 Å². The number of hydrogen-bond donors (Lipinski definition) is 3. The first-order valence-corrected chi connectivity index (χ1v) is 26.9. The van der Waals surface area contributed by atoms with Crippen LogP contribution in [0.2, 0.25) is 0 Å². The highest BCUT2D eigenvalue weighted by molar-refractivity contribution is 5.76. The zero-order valence-corrected chi connectivity index (χ0v) is 41.1. The summed E-state index contributed by atoms with van der Waals surface area (Å²) in [6, 6.07) is -0.630. The van der Waals surface area contributed by atoms with Gasteiger partial charge in [0.05, 0.1) is 25.4 Å². The van der Waals surface area contributed by atoms with Gasteiger partial charge in [-0.2, -0.15) is 0 Å². The predicted molar refractivity (Wildman–Crippen MR) is 269 cm³/mol. The van der Waals surface area contributed by atoms with E-state index >= 15 is 0 Å². The molecule has 0 bridgehead atoms. The number of ether oxygens (including phenoxy) is 1. The minimum absolute atomic E-state index is 0.0447. The summed E-state index contributed by atoms with van der Waals surface area (Å²) >= 11 is 0. The SMILES string of the molecule is CCCCCCCC/C=C\CCCCCCCC(=O)OCC/C=C\C/C=C\CCCCCCCCCCCCCCCCC(=O)NC(CO)C(O)/C=C/CCCCCCCCC. The van der Waals surface area contributed by atoms with E-state index in [0.717, 1.165) is 51.4 Å². The van der Waals surface area contributed by atoms with E-state index in [4.69, 9.17) is 4.74 Å². The predicted octanol–water partition coefficient (Wildman–Crippen LogP) is 16.2. The van der Waals surface area contributed by atoms with Crippen molar-refractivity contribution >= 4 is 11.9 Å². The fourth-order valence-electron chi connectivity index (χ4n) is 7.94. The summed E-state index contributed by atoms with van der Waals surface area (Å²) in [5, 5.41) is 22.9. The summed E-state index contributed by atoms with van der Waals surface area (Å²) in [5.74, 6) is -0.121. The lowest BCUT2D eigenvalue weighted by Crippen LogP contribution is -2.45. The Balaban J connectivity index is 3.46. The van der Waals surface area contributed by atoms with Crippen LogP contribution in [0.25, 0.3) is 0 Å². The van der Waals surface area contributed by atoms with Crippen molar-refractivity contribution in [2.45, 2.75) is 283 Å². The molecule has 0 aromatic rings. The van der Waals surface area contributed by atoms with Crippen molar-refractivity contribution in [2.75, 3.05) is 13.2 Å². The van der Waals surface area contributed by atoms with Crippen molar-refractivity contribution < 1.29 is 24.5 Å². The van der Waals surface area contributed by atoms with E-state index in [0.29, 0.717) is 19.4 Å². The average molecular weight is 870 g/mol. The molecule has 0 aliphatic heterocycles. The largest absolute Gasteiger partial charge is 0.465 e. The Morgan fingerprint density at radius 3 is 1.24 bits per heavy atom. The molecule has 62 heavy (non-hydrogen) atoms. The third kappa shape index (κ3) is 47.3. The standard InChI is InChI=1S/C56H103NO5/c1-3-5-7-9-11-13-14-15-23-27-30-34-38-42-46-50-56(61)62-51-47-43-39-35-31-28-25-22-20-18-16-17-19-21-24-26-29-33-37-41-45-49-55(60)57-53(52-58)54(59)48-44-40-36-32-12-10-8-6-4-2/h15,23,28,31,39,43-44,48,53-54,58-59H,3-14,16-22,24-27,29-30,32-38,40-42,45-47,49-52H2,1-2H3,(H,57,60)/b23-15-,31-28-,43-39-,48-44+. The van der Waals surface area contributed by atoms with Crippen molar-refractivity contribution in [2.24, 2.45) is 0 Å². The minimum atomic E-state index is -0.846. The van der Waals surface area contributed by atoms with Gasteiger partial charge in [0.1, 0.15) is 0 Å². The highest BCUT2D eigenvalue weighted by Crippen LogP contribution is 2.15. The Kier molecular flexibility index (Phi) is 49.6. The zero-order chi connectivity index (χ0) is 45.1. The second-order valence-electron chi connectivity index (χ2n) is 18.2. The maximum Gasteiger partial charge on any atom is 0.305 e. The second kappa shape index (κ2) is 51.5. The number of rotatable bonds is 49. The number of carbonyl (C=O) groups excluding carboxylic acids is 2. The van der Waals surface area contributed by atoms with Crippen molar-refractivity contribution in [3.05, 3.63) is 48.6 Å². The molecule has 0 aromatic carbocycles. The molecule has 362 valence electrons. The highest BCUT2D eigenvalue weighted by Gasteiger charge is 2.18. The van der Waals surface area contributed by atoms with Crippen LogP contribution in [-0.2, 0) is 14.3 Å². The van der Waals surface area contributed by atoms with E-state index in [-0.39, 0.29) is 18.5 Å². The summed E-state index contributed by atoms with van der Waals surface area (Å²) in [6.45, 7) is 4.75. The summed E-state index contributed by atoms with van der Waals surface area (Å²) in [4.78, 5) is 24.4. The number of carbonyl (C=O) groups is 2. The number of aliphatic hydroxyl groups is 2. The molecular weight excluding hydrogens is 767 g/mol. The van der Waals surface area contributed by atoms with Crippen molar-refractivity contribution in [1.29, 1.82) is 0 Å². The third-order valence-corrected chi connectivity index (χ3v) is 12.1. The molecule has 0 aliphatic carbocycles. The highest BCUT2D eigenvalue weighted by atomic mass is 16.5. The monoisotopic (exact) mass is 870 g/mol. The number of nitrogens with one attached hydrogen (secondary N) is 1. The van der Waals surface area contributed by atoms with E-state index in [2.05, 4.69) is 55.6 Å². The molecule has 0 saturated carbocycles. The lowest BCUT2D eigenvalue weighted by atomic mass is 10.0. The van der Waals surface area contributed by atoms with Crippen molar-refractivity contribution in [3.8, 4) is 0 Å². The van der Waals surface area contributed by atoms with Gasteiger partial charge in [-0.3, -0.25) is 9.59 Å². The molecule has 0 aliphatic rings. The van der Waals surface area contributed by atoms with E-state index in [1.54, 1.807) is 6.08 Å². The fraction of sp³-hybridized carbons (Fsp3) is 0.821. The third-order valence-electron chi connectivity index (χ3n) is 12.1. The van der Waals surface area contributed by atoms with Crippen LogP contribution < -0.4 is 5.32 Å². The van der Waals surface area contributed by atoms with Gasteiger partial charge >= 0.3 is 5.97 Å². The van der Waals surface area contributed by atoms with Gasteiger partial charge in [0, 0.05) is 12.8 Å². The average Bonchev–Trinajstić information content (AvgIpc) is 3.27. The summed E-state index contributed by atoms with van der Waals surface area (Å²) < 4.78 is 5.40. The quantitative estimate of drug-likeness (QED) is 0.0322. The Bertz CT molecular complexity index is 1050. The number of hydrogen-bond acceptors (Lipinski definition) is 5. The summed E-state index contributed by atoms with van der Waals surface area (Å²) in [5.41, 5.74) is 0. The van der Waals surface area contributed by atoms with Gasteiger partial charge in [-0.15, -0.1) is 0 Å². The van der Waals surface area contributed by atoms with Crippen LogP contribution in [0.3, 0.4) is 0 Å². The summed E-state index contributed by atoms with van der Waals surface area (Å²) in [7, 11) is 0. The normalized spacial score (nSPS) is 13.0. The van der Waals surface area contributed by atoms with Gasteiger partial charge in [0.2, 0.25) is 5.91 Å². The Morgan fingerprint density at radius 2 is 0.806 bits per heavy atom. The number of esters is 1. The molecule has 0 saturated heterocycles. The number of aliphatic hydroxyl groups excluding tert-OH is 2. The number of unbranched alkanes of at least 4 members (excludes halogenated alkanes) is 32. The molecule has 0 heterocycles. The maximum absolute atomic E-state index is 12.4. The molecule has 0 aromatic heterocycles. The van der Waals surface area contributed by atoms with Gasteiger partial charge in [-0.05, 0) is 77.0 Å². The first-order chi connectivity index (χ1) is 30.5. The molecule has 0 radical (unpaired) electrons. The molecule has 6 nitrogen and oxygen atoms in total. The van der Waals surface area contributed by atoms with Gasteiger partial charge in [0.15, 0.2) is 0 Å². The van der Waals surface area contributed by atoms with Crippen LogP contribution >= 0.6 is 0 Å². The lowest BCUT2D eigenvalue weighted by molar-refractivity contribution is -0.143. The van der Waals surface area contributed by atoms with Crippen molar-refractivity contribution in [3.63, 3.8) is 0 Å². The molecule has 3 N–H and O–H groups in total. The van der Waals surface area contributed by atoms with E-state index in [9.17, 15) is 19.8 Å². The van der Waals surface area contributed by atoms with Crippen LogP contribution in [0.15, 0.2) is 48.6 Å². The first kappa shape index (κ1) is 59.8. The first-order valence-electron chi connectivity index (χ1n) is 26.9. The van der Waals surface area contributed by atoms with E-state index in [1.165, 1.54) is 193 Å². The van der Waals surface area contributed by atoms with Gasteiger partial charge in [-0.25, -0.2) is 0 Å². The fourth-order valence-corrected chi connectivity index (χ4v) is 7.94. The Hall–Kier alpha value is -2.18. The minimum Gasteiger partial charge on any atom is -0.465 e. The van der Waals surface area contributed by atoms with E-state index < -0.39 is 12.1 Å². The van der Waals surface area contributed by atoms with Gasteiger partial charge < -0.3 is 20.3 Å². The van der Waals surface area contributed by atoms with Crippen LogP contribution in [0.5, 0.6) is 0 Å². The smallest absolute Gasteiger partial charge is 0.305 e. The molecule has 6 heteroatoms. The molecule has 0 rings (SSSR count). The second-order valence-corrected chi connectivity index (χ2v) is 18.2. The van der Waals surface area contributed by atoms with Gasteiger partial charge in [-0.1, -0.05) is 229 Å². The lowest BCUT2D eigenvalue weighted by Gasteiger charge is -2.20.